The number of benzene rings is 2. The number of hydrogen-bond acceptors (Lipinski definition) is 7. The molecule has 4 atom stereocenters. The van der Waals surface area contributed by atoms with E-state index >= 15 is 0 Å². The summed E-state index contributed by atoms with van der Waals surface area (Å²) in [5, 5.41) is 0.721. The van der Waals surface area contributed by atoms with Gasteiger partial charge in [-0.2, -0.15) is 0 Å². The molecule has 1 amide bonds. The second-order valence-corrected chi connectivity index (χ2v) is 13.7. The number of nitrogens with one attached hydrogen (secondary N) is 1. The number of carbonyl (C=O) groups excluding carboxylic acids is 1. The van der Waals surface area contributed by atoms with Gasteiger partial charge < -0.3 is 19.1 Å². The van der Waals surface area contributed by atoms with Crippen LogP contribution in [0.3, 0.4) is 0 Å². The number of anilines is 1. The molecule has 4 aliphatic rings. The molecule has 3 aliphatic heterocycles. The summed E-state index contributed by atoms with van der Waals surface area (Å²) in [4.78, 5) is 15.5. The van der Waals surface area contributed by atoms with Gasteiger partial charge in [0.15, 0.2) is 0 Å². The van der Waals surface area contributed by atoms with Crippen molar-refractivity contribution < 1.29 is 27.4 Å². The van der Waals surface area contributed by atoms with Crippen LogP contribution in [-0.2, 0) is 32.5 Å². The Morgan fingerprint density at radius 1 is 0.975 bits per heavy atom. The van der Waals surface area contributed by atoms with Crippen molar-refractivity contribution in [1.29, 1.82) is 0 Å². The smallest absolute Gasteiger partial charge is 0.264 e. The highest BCUT2D eigenvalue weighted by molar-refractivity contribution is 7.90. The lowest BCUT2D eigenvalue weighted by molar-refractivity contribution is -0.115. The molecule has 4 bridgehead atoms. The summed E-state index contributed by atoms with van der Waals surface area (Å²) < 4.78 is 46.3. The first kappa shape index (κ1) is 27.8. The number of halogens is 1. The third-order valence-corrected chi connectivity index (χ3v) is 10.3. The normalized spacial score (nSPS) is 28.9. The van der Waals surface area contributed by atoms with Crippen LogP contribution in [0.2, 0.25) is 5.02 Å². The van der Waals surface area contributed by atoms with E-state index in [-0.39, 0.29) is 30.1 Å². The Morgan fingerprint density at radius 3 is 2.73 bits per heavy atom. The minimum Gasteiger partial charge on any atom is -0.487 e. The Bertz CT molecular complexity index is 1350. The first-order valence-corrected chi connectivity index (χ1v) is 16.4. The number of nitrogens with zero attached hydrogens (tertiary/aromatic N) is 1. The number of aryl methyl sites for hydroxylation is 1. The predicted molar refractivity (Wildman–Crippen MR) is 154 cm³/mol. The predicted octanol–water partition coefficient (Wildman–Crippen LogP) is 4.73. The molecule has 2 aromatic rings. The van der Waals surface area contributed by atoms with Crippen LogP contribution in [0.15, 0.2) is 36.4 Å². The minimum atomic E-state index is -3.85. The van der Waals surface area contributed by atoms with Crippen molar-refractivity contribution in [3.8, 4) is 5.75 Å². The molecule has 8 nitrogen and oxygen atoms in total. The lowest BCUT2D eigenvalue weighted by Gasteiger charge is -2.46. The molecule has 1 saturated heterocycles. The molecule has 0 radical (unpaired) electrons. The van der Waals surface area contributed by atoms with Crippen LogP contribution in [0, 0.1) is 11.8 Å². The summed E-state index contributed by atoms with van der Waals surface area (Å²) in [6, 6.07) is 11.1. The minimum absolute atomic E-state index is 0.0283. The summed E-state index contributed by atoms with van der Waals surface area (Å²) >= 11 is 6.31. The summed E-state index contributed by atoms with van der Waals surface area (Å²) in [6.45, 7) is 2.68. The van der Waals surface area contributed by atoms with Gasteiger partial charge in [0, 0.05) is 36.7 Å². The van der Waals surface area contributed by atoms with Crippen LogP contribution in [-0.4, -0.2) is 58.6 Å². The first-order chi connectivity index (χ1) is 19.3. The maximum Gasteiger partial charge on any atom is 0.264 e. The number of fused-ring (bicyclic) bond motifs is 6. The van der Waals surface area contributed by atoms with Gasteiger partial charge in [0.1, 0.15) is 12.4 Å². The van der Waals surface area contributed by atoms with Crippen LogP contribution < -0.4 is 14.4 Å². The zero-order chi connectivity index (χ0) is 27.7. The third kappa shape index (κ3) is 6.27. The molecule has 216 valence electrons. The third-order valence-electron chi connectivity index (χ3n) is 8.87. The Labute approximate surface area is 241 Å². The number of amides is 1. The lowest BCUT2D eigenvalue weighted by Crippen LogP contribution is -2.47. The summed E-state index contributed by atoms with van der Waals surface area (Å²) in [7, 11) is -3.85. The average Bonchev–Trinajstić information content (AvgIpc) is 2.93. The zero-order valence-corrected chi connectivity index (χ0v) is 24.2. The Hall–Kier alpha value is -2.33. The van der Waals surface area contributed by atoms with E-state index in [0.717, 1.165) is 74.3 Å². The molecule has 0 spiro atoms. The van der Waals surface area contributed by atoms with Gasteiger partial charge in [0.05, 0.1) is 30.3 Å². The molecule has 3 heterocycles. The SMILES string of the molecule is O=C1NS(=O)(=O)CCO[C@@H]2CCO[C@@H](C2)[C@@H]2CC[C@H]2CN2CCCCc3cc(Cl)ccc3COc3ccc1cc32. The van der Waals surface area contributed by atoms with E-state index < -0.39 is 15.9 Å². The molecule has 6 rings (SSSR count). The molecular weight excluding hydrogens is 552 g/mol. The van der Waals surface area contributed by atoms with Crippen molar-refractivity contribution in [3.63, 3.8) is 0 Å². The molecule has 0 unspecified atom stereocenters. The van der Waals surface area contributed by atoms with Gasteiger partial charge in [-0.25, -0.2) is 13.1 Å². The topological polar surface area (TPSA) is 94.2 Å². The maximum atomic E-state index is 13.1. The van der Waals surface area contributed by atoms with Gasteiger partial charge in [-0.05, 0) is 91.8 Å². The van der Waals surface area contributed by atoms with Gasteiger partial charge in [-0.3, -0.25) is 4.79 Å². The van der Waals surface area contributed by atoms with Crippen molar-refractivity contribution in [2.45, 2.75) is 63.8 Å². The van der Waals surface area contributed by atoms with E-state index in [9.17, 15) is 13.2 Å². The second kappa shape index (κ2) is 11.9. The van der Waals surface area contributed by atoms with Crippen LogP contribution in [0.1, 0.15) is 60.0 Å². The second-order valence-electron chi connectivity index (χ2n) is 11.5. The molecule has 1 saturated carbocycles. The molecule has 2 fully saturated rings. The fourth-order valence-electron chi connectivity index (χ4n) is 6.49. The van der Waals surface area contributed by atoms with E-state index in [0.29, 0.717) is 30.8 Å². The van der Waals surface area contributed by atoms with Crippen LogP contribution >= 0.6 is 11.6 Å². The number of ether oxygens (including phenoxy) is 3. The van der Waals surface area contributed by atoms with E-state index in [4.69, 9.17) is 25.8 Å². The first-order valence-electron chi connectivity index (χ1n) is 14.4. The van der Waals surface area contributed by atoms with Crippen LogP contribution in [0.4, 0.5) is 5.69 Å². The standard InChI is InChI=1S/C30H37ClN2O6S/c31-24-7-4-23-19-39-28-9-6-21-16-27(28)33(11-2-1-3-20(23)15-24)18-22-5-8-26(22)29-17-25(10-12-38-29)37-13-14-40(35,36)32-30(21)34/h4,6-7,9,15-16,22,25-26,29H,1-3,5,8,10-14,17-19H2,(H,32,34)/t22-,25+,26+,29-/m0/s1. The monoisotopic (exact) mass is 588 g/mol. The maximum absolute atomic E-state index is 13.1. The van der Waals surface area contributed by atoms with Gasteiger partial charge in [-0.15, -0.1) is 0 Å². The fraction of sp³-hybridized carbons (Fsp3) is 0.567. The molecule has 0 aromatic heterocycles. The number of sulfonamides is 1. The average molecular weight is 589 g/mol. The highest BCUT2D eigenvalue weighted by Gasteiger charge is 2.41. The summed E-state index contributed by atoms with van der Waals surface area (Å²) in [5.74, 6) is 0.668. The largest absolute Gasteiger partial charge is 0.487 e. The fourth-order valence-corrected chi connectivity index (χ4v) is 7.51. The molecular formula is C30H37ClN2O6S. The van der Waals surface area contributed by atoms with Crippen molar-refractivity contribution in [2.75, 3.05) is 37.0 Å². The van der Waals surface area contributed by atoms with Gasteiger partial charge >= 0.3 is 0 Å². The number of carbonyl (C=O) groups is 1. The molecule has 1 aliphatic carbocycles. The van der Waals surface area contributed by atoms with Crippen molar-refractivity contribution in [2.24, 2.45) is 11.8 Å². The molecule has 10 heteroatoms. The Balaban J connectivity index is 1.35. The van der Waals surface area contributed by atoms with E-state index in [2.05, 4.69) is 9.62 Å². The number of hydrogen-bond donors (Lipinski definition) is 1. The van der Waals surface area contributed by atoms with Gasteiger partial charge in [0.25, 0.3) is 5.91 Å². The van der Waals surface area contributed by atoms with Gasteiger partial charge in [0.2, 0.25) is 10.0 Å². The molecule has 2 aromatic carbocycles. The zero-order valence-electron chi connectivity index (χ0n) is 22.6. The van der Waals surface area contributed by atoms with E-state index in [1.54, 1.807) is 18.2 Å². The van der Waals surface area contributed by atoms with Crippen LogP contribution in [0.5, 0.6) is 5.75 Å². The quantitative estimate of drug-likeness (QED) is 0.476. The van der Waals surface area contributed by atoms with E-state index in [1.807, 2.05) is 18.2 Å². The molecule has 40 heavy (non-hydrogen) atoms. The van der Waals surface area contributed by atoms with Crippen molar-refractivity contribution >= 4 is 33.2 Å². The highest BCUT2D eigenvalue weighted by Crippen LogP contribution is 2.43. The van der Waals surface area contributed by atoms with Crippen molar-refractivity contribution in [3.05, 3.63) is 58.1 Å². The van der Waals surface area contributed by atoms with Crippen molar-refractivity contribution in [1.82, 2.24) is 4.72 Å². The molecule has 1 N–H and O–H groups in total. The highest BCUT2D eigenvalue weighted by atomic mass is 35.5. The van der Waals surface area contributed by atoms with E-state index in [1.165, 1.54) is 5.56 Å². The summed E-state index contributed by atoms with van der Waals surface area (Å²) in [5.41, 5.74) is 3.40. The lowest BCUT2D eigenvalue weighted by atomic mass is 9.68. The van der Waals surface area contributed by atoms with Crippen LogP contribution in [0.25, 0.3) is 0 Å². The Morgan fingerprint density at radius 2 is 1.88 bits per heavy atom. The number of rotatable bonds is 0. The summed E-state index contributed by atoms with van der Waals surface area (Å²) in [6.07, 6.45) is 6.74. The Kier molecular flexibility index (Phi) is 8.26. The van der Waals surface area contributed by atoms with Gasteiger partial charge in [-0.1, -0.05) is 17.7 Å².